The zero-order valence-electron chi connectivity index (χ0n) is 12.2. The van der Waals surface area contributed by atoms with Crippen LogP contribution in [-0.2, 0) is 6.18 Å². The van der Waals surface area contributed by atoms with Crippen LogP contribution in [0.5, 0.6) is 0 Å². The third kappa shape index (κ3) is 4.18. The van der Waals surface area contributed by atoms with Gasteiger partial charge in [0, 0.05) is 38.8 Å². The predicted molar refractivity (Wildman–Crippen MR) is 74.9 cm³/mol. The van der Waals surface area contributed by atoms with E-state index in [1.54, 1.807) is 0 Å². The van der Waals surface area contributed by atoms with E-state index in [1.807, 2.05) is 4.90 Å². The van der Waals surface area contributed by atoms with Crippen LogP contribution >= 0.6 is 0 Å². The number of halogens is 4. The molecule has 2 rings (SSSR count). The maximum absolute atomic E-state index is 13.5. The molecule has 1 aliphatic heterocycles. The van der Waals surface area contributed by atoms with Gasteiger partial charge in [-0.2, -0.15) is 13.2 Å². The number of piperazine rings is 1. The minimum atomic E-state index is -4.52. The van der Waals surface area contributed by atoms with E-state index in [4.69, 9.17) is 5.11 Å². The standard InChI is InChI=1S/C15H20F4N2O/c16-11-3-4-13(15(17,18)19)12(10-11)14(2-1-9-22)21-7-5-20-6-8-21/h3-4,10,14,20,22H,1-2,5-9H2/t14-/m1/s1. The largest absolute Gasteiger partial charge is 0.416 e. The molecule has 3 nitrogen and oxygen atoms in total. The lowest BCUT2D eigenvalue weighted by molar-refractivity contribution is -0.138. The summed E-state index contributed by atoms with van der Waals surface area (Å²) in [5.41, 5.74) is -0.835. The summed E-state index contributed by atoms with van der Waals surface area (Å²) < 4.78 is 53.2. The van der Waals surface area contributed by atoms with Gasteiger partial charge in [-0.05, 0) is 36.6 Å². The molecular formula is C15H20F4N2O. The van der Waals surface area contributed by atoms with E-state index in [1.165, 1.54) is 0 Å². The second kappa shape index (κ2) is 7.39. The highest BCUT2D eigenvalue weighted by Crippen LogP contribution is 2.38. The van der Waals surface area contributed by atoms with Crippen LogP contribution in [0.15, 0.2) is 18.2 Å². The number of aliphatic hydroxyl groups is 1. The Balaban J connectivity index is 2.38. The Kier molecular flexibility index (Phi) is 5.77. The topological polar surface area (TPSA) is 35.5 Å². The van der Waals surface area contributed by atoms with Crippen molar-refractivity contribution >= 4 is 0 Å². The van der Waals surface area contributed by atoms with Gasteiger partial charge in [0.25, 0.3) is 0 Å². The fourth-order valence-corrected chi connectivity index (χ4v) is 2.88. The Morgan fingerprint density at radius 2 is 1.91 bits per heavy atom. The molecule has 1 atom stereocenters. The molecule has 7 heteroatoms. The SMILES string of the molecule is OCCC[C@H](c1cc(F)ccc1C(F)(F)F)N1CCNCC1. The molecule has 0 amide bonds. The van der Waals surface area contributed by atoms with E-state index < -0.39 is 23.6 Å². The average Bonchev–Trinajstić information content (AvgIpc) is 2.47. The molecule has 1 aliphatic rings. The summed E-state index contributed by atoms with van der Waals surface area (Å²) in [6, 6.07) is 2.08. The molecule has 22 heavy (non-hydrogen) atoms. The Morgan fingerprint density at radius 3 is 2.50 bits per heavy atom. The molecule has 124 valence electrons. The fourth-order valence-electron chi connectivity index (χ4n) is 2.88. The highest BCUT2D eigenvalue weighted by molar-refractivity contribution is 5.33. The molecule has 1 fully saturated rings. The third-order valence-electron chi connectivity index (χ3n) is 3.91. The fraction of sp³-hybridized carbons (Fsp3) is 0.600. The molecule has 0 radical (unpaired) electrons. The van der Waals surface area contributed by atoms with Crippen molar-refractivity contribution in [3.63, 3.8) is 0 Å². The molecule has 0 saturated carbocycles. The minimum Gasteiger partial charge on any atom is -0.396 e. The van der Waals surface area contributed by atoms with Crippen molar-refractivity contribution in [2.75, 3.05) is 32.8 Å². The van der Waals surface area contributed by atoms with Crippen LogP contribution in [0.3, 0.4) is 0 Å². The summed E-state index contributed by atoms with van der Waals surface area (Å²) in [6.45, 7) is 2.48. The van der Waals surface area contributed by atoms with E-state index in [0.717, 1.165) is 18.2 Å². The summed E-state index contributed by atoms with van der Waals surface area (Å²) in [5, 5.41) is 12.2. The van der Waals surface area contributed by atoms with E-state index in [2.05, 4.69) is 5.32 Å². The smallest absolute Gasteiger partial charge is 0.396 e. The van der Waals surface area contributed by atoms with Gasteiger partial charge in [0.2, 0.25) is 0 Å². The first kappa shape index (κ1) is 17.2. The van der Waals surface area contributed by atoms with Crippen LogP contribution < -0.4 is 5.32 Å². The lowest BCUT2D eigenvalue weighted by Gasteiger charge is -2.36. The molecule has 2 N–H and O–H groups in total. The highest BCUT2D eigenvalue weighted by atomic mass is 19.4. The Hall–Kier alpha value is -1.18. The number of alkyl halides is 3. The molecule has 0 aromatic heterocycles. The van der Waals surface area contributed by atoms with Crippen molar-refractivity contribution < 1.29 is 22.7 Å². The average molecular weight is 320 g/mol. The van der Waals surface area contributed by atoms with Gasteiger partial charge in [0.15, 0.2) is 0 Å². The number of hydrogen-bond acceptors (Lipinski definition) is 3. The number of hydrogen-bond donors (Lipinski definition) is 2. The van der Waals surface area contributed by atoms with Gasteiger partial charge in [0.1, 0.15) is 5.82 Å². The molecule has 0 spiro atoms. The normalized spacial score (nSPS) is 18.4. The number of nitrogens with zero attached hydrogens (tertiary/aromatic N) is 1. The second-order valence-corrected chi connectivity index (χ2v) is 5.40. The van der Waals surface area contributed by atoms with Gasteiger partial charge in [-0.1, -0.05) is 0 Å². The van der Waals surface area contributed by atoms with E-state index in [-0.39, 0.29) is 12.2 Å². The maximum Gasteiger partial charge on any atom is 0.416 e. The van der Waals surface area contributed by atoms with Crippen LogP contribution in [0, 0.1) is 5.82 Å². The van der Waals surface area contributed by atoms with Crippen molar-refractivity contribution in [3.8, 4) is 0 Å². The molecule has 1 saturated heterocycles. The molecule has 1 aromatic rings. The number of aliphatic hydroxyl groups excluding tert-OH is 1. The molecule has 1 aromatic carbocycles. The lowest BCUT2D eigenvalue weighted by atomic mass is 9.94. The summed E-state index contributed by atoms with van der Waals surface area (Å²) in [5.74, 6) is -0.674. The van der Waals surface area contributed by atoms with Crippen molar-refractivity contribution in [1.29, 1.82) is 0 Å². The van der Waals surface area contributed by atoms with Crippen LogP contribution in [0.1, 0.15) is 30.0 Å². The van der Waals surface area contributed by atoms with Crippen LogP contribution in [0.4, 0.5) is 17.6 Å². The monoisotopic (exact) mass is 320 g/mol. The van der Waals surface area contributed by atoms with Crippen molar-refractivity contribution in [2.45, 2.75) is 25.1 Å². The van der Waals surface area contributed by atoms with E-state index in [0.29, 0.717) is 39.0 Å². The predicted octanol–water partition coefficient (Wildman–Crippen LogP) is 2.56. The number of nitrogens with one attached hydrogen (secondary N) is 1. The number of benzene rings is 1. The Labute approximate surface area is 126 Å². The summed E-state index contributed by atoms with van der Waals surface area (Å²) >= 11 is 0. The van der Waals surface area contributed by atoms with Crippen molar-refractivity contribution in [3.05, 3.63) is 35.1 Å². The van der Waals surface area contributed by atoms with Gasteiger partial charge in [0.05, 0.1) is 5.56 Å². The lowest BCUT2D eigenvalue weighted by Crippen LogP contribution is -2.45. The van der Waals surface area contributed by atoms with E-state index >= 15 is 0 Å². The van der Waals surface area contributed by atoms with Crippen LogP contribution in [-0.4, -0.2) is 42.8 Å². The van der Waals surface area contributed by atoms with Crippen molar-refractivity contribution in [1.82, 2.24) is 10.2 Å². The zero-order valence-corrected chi connectivity index (χ0v) is 12.2. The van der Waals surface area contributed by atoms with Gasteiger partial charge < -0.3 is 10.4 Å². The van der Waals surface area contributed by atoms with E-state index in [9.17, 15) is 17.6 Å². The van der Waals surface area contributed by atoms with Crippen LogP contribution in [0.2, 0.25) is 0 Å². The Bertz CT molecular complexity index is 487. The first-order chi connectivity index (χ1) is 10.4. The van der Waals surface area contributed by atoms with Gasteiger partial charge in [-0.3, -0.25) is 4.90 Å². The molecular weight excluding hydrogens is 300 g/mol. The molecule has 0 unspecified atom stereocenters. The van der Waals surface area contributed by atoms with Gasteiger partial charge in [-0.25, -0.2) is 4.39 Å². The highest BCUT2D eigenvalue weighted by Gasteiger charge is 2.36. The summed E-state index contributed by atoms with van der Waals surface area (Å²) in [7, 11) is 0. The van der Waals surface area contributed by atoms with Gasteiger partial charge in [-0.15, -0.1) is 0 Å². The molecule has 0 aliphatic carbocycles. The summed E-state index contributed by atoms with van der Waals surface area (Å²) in [6.07, 6.45) is -3.78. The maximum atomic E-state index is 13.5. The minimum absolute atomic E-state index is 0.0390. The number of rotatable bonds is 5. The second-order valence-electron chi connectivity index (χ2n) is 5.40. The quantitative estimate of drug-likeness (QED) is 0.819. The van der Waals surface area contributed by atoms with Gasteiger partial charge >= 0.3 is 6.18 Å². The summed E-state index contributed by atoms with van der Waals surface area (Å²) in [4.78, 5) is 1.93. The zero-order chi connectivity index (χ0) is 16.2. The molecule has 1 heterocycles. The molecule has 0 bridgehead atoms. The Morgan fingerprint density at radius 1 is 1.23 bits per heavy atom. The van der Waals surface area contributed by atoms with Crippen LogP contribution in [0.25, 0.3) is 0 Å². The third-order valence-corrected chi connectivity index (χ3v) is 3.91. The first-order valence-electron chi connectivity index (χ1n) is 7.35. The van der Waals surface area contributed by atoms with Crippen molar-refractivity contribution in [2.24, 2.45) is 0 Å². The first-order valence-corrected chi connectivity index (χ1v) is 7.35.